The lowest BCUT2D eigenvalue weighted by atomic mass is 9.85. The molecule has 0 amide bonds. The molecule has 0 aromatic heterocycles. The zero-order valence-corrected chi connectivity index (χ0v) is 21.9. The summed E-state index contributed by atoms with van der Waals surface area (Å²) in [6.07, 6.45) is -32.0. The van der Waals surface area contributed by atoms with Crippen molar-refractivity contribution in [2.75, 3.05) is 0 Å². The fraction of sp³-hybridized carbons (Fsp3) is 0.833. The second-order valence-electron chi connectivity index (χ2n) is 9.06. The Morgan fingerprint density at radius 1 is 0.360 bits per heavy atom. The predicted octanol–water partition coefficient (Wildman–Crippen LogP) is 9.82. The van der Waals surface area contributed by atoms with Crippen molar-refractivity contribution in [2.24, 2.45) is 0 Å². The van der Waals surface area contributed by atoms with Gasteiger partial charge in [0.2, 0.25) is 0 Å². The van der Waals surface area contributed by atoms with Crippen LogP contribution in [0.5, 0.6) is 0 Å². The minimum Gasteiger partial charge on any atom is -0.391 e. The van der Waals surface area contributed by atoms with Gasteiger partial charge in [0.15, 0.2) is 0 Å². The highest BCUT2D eigenvalue weighted by Crippen LogP contribution is 2.68. The zero-order valence-electron chi connectivity index (χ0n) is 21.9. The number of ether oxygens (including phenoxy) is 2. The first-order valence-corrected chi connectivity index (χ1v) is 10.6. The maximum Gasteiger partial charge on any atom is 0.496 e. The summed E-state index contributed by atoms with van der Waals surface area (Å²) in [5, 5.41) is 0. The van der Waals surface area contributed by atoms with Gasteiger partial charge in [0.05, 0.1) is 0 Å². The quantitative estimate of drug-likeness (QED) is 0.0939. The van der Waals surface area contributed by atoms with Crippen molar-refractivity contribution in [3.63, 3.8) is 0 Å². The minimum absolute atomic E-state index is 0.267. The lowest BCUT2D eigenvalue weighted by molar-refractivity contribution is -0.526. The van der Waals surface area contributed by atoms with Crippen LogP contribution in [-0.4, -0.2) is 89.7 Å². The van der Waals surface area contributed by atoms with E-state index in [1.54, 1.807) is 0 Å². The molecule has 0 aliphatic heterocycles. The highest BCUT2D eigenvalue weighted by atomic mass is 19.4. The number of carbonyl (C=O) groups excluding carboxylic acids is 1. The number of hydrogen-bond donors (Lipinski definition) is 0. The maximum absolute atomic E-state index is 13.8. The van der Waals surface area contributed by atoms with Crippen LogP contribution in [0, 0.1) is 0 Å². The predicted molar refractivity (Wildman–Crippen MR) is 92.4 cm³/mol. The van der Waals surface area contributed by atoms with Gasteiger partial charge in [0.25, 0.3) is 0 Å². The van der Waals surface area contributed by atoms with Gasteiger partial charge in [-0.15, -0.1) is 0 Å². The normalized spacial score (nSPS) is 16.4. The standard InChI is InChI=1S/C18H5F29O3/c1-3(2)4(48)49-17(44,45)18(46,47)50-16(42,43)14(37,38)12(33,34)10(29,30)8(25,26)6(21,22)5(19,20)7(23,24)9(27,28)11(31,32)13(35,36)15(39,40)41/h1H2,2H3. The van der Waals surface area contributed by atoms with Gasteiger partial charge >= 0.3 is 89.7 Å². The maximum atomic E-state index is 13.8. The van der Waals surface area contributed by atoms with Crippen molar-refractivity contribution in [2.45, 2.75) is 90.7 Å². The van der Waals surface area contributed by atoms with E-state index >= 15 is 0 Å². The van der Waals surface area contributed by atoms with E-state index in [1.807, 2.05) is 0 Å². The molecular weight excluding hydrogens is 815 g/mol. The number of alkyl halides is 29. The summed E-state index contributed by atoms with van der Waals surface area (Å²) in [4.78, 5) is 10.8. The van der Waals surface area contributed by atoms with Gasteiger partial charge in [-0.1, -0.05) is 6.58 Å². The summed E-state index contributed by atoms with van der Waals surface area (Å²) >= 11 is 0. The van der Waals surface area contributed by atoms with Gasteiger partial charge in [-0.3, -0.25) is 0 Å². The molecule has 0 aromatic rings. The topological polar surface area (TPSA) is 35.5 Å². The highest BCUT2D eigenvalue weighted by molar-refractivity contribution is 5.87. The van der Waals surface area contributed by atoms with Gasteiger partial charge in [-0.2, -0.15) is 127 Å². The van der Waals surface area contributed by atoms with Crippen LogP contribution in [0.1, 0.15) is 6.92 Å². The lowest BCUT2D eigenvalue weighted by Gasteiger charge is -2.45. The monoisotopic (exact) mass is 820 g/mol. The van der Waals surface area contributed by atoms with Crippen LogP contribution >= 0.6 is 0 Å². The molecular formula is C18H5F29O3. The first kappa shape index (κ1) is 47.1. The van der Waals surface area contributed by atoms with Gasteiger partial charge in [0.1, 0.15) is 0 Å². The molecule has 0 heterocycles. The summed E-state index contributed by atoms with van der Waals surface area (Å²) in [6.45, 7) is 2.65. The van der Waals surface area contributed by atoms with Crippen molar-refractivity contribution in [1.29, 1.82) is 0 Å². The Morgan fingerprint density at radius 2 is 0.580 bits per heavy atom. The summed E-state index contributed by atoms with van der Waals surface area (Å²) in [6, 6.07) is 0. The summed E-state index contributed by atoms with van der Waals surface area (Å²) in [5.41, 5.74) is -1.43. The number of hydrogen-bond acceptors (Lipinski definition) is 3. The summed E-state index contributed by atoms with van der Waals surface area (Å²) < 4.78 is 390. The zero-order chi connectivity index (χ0) is 41.6. The van der Waals surface area contributed by atoms with Gasteiger partial charge in [-0.05, 0) is 6.92 Å². The molecule has 32 heteroatoms. The van der Waals surface area contributed by atoms with E-state index < -0.39 is 95.3 Å². The first-order valence-electron chi connectivity index (χ1n) is 10.6. The Hall–Kier alpha value is -2.86. The van der Waals surface area contributed by atoms with Crippen LogP contribution in [0.15, 0.2) is 12.2 Å². The summed E-state index contributed by atoms with van der Waals surface area (Å²) in [7, 11) is 0. The molecule has 298 valence electrons. The van der Waals surface area contributed by atoms with E-state index in [-0.39, 0.29) is 6.92 Å². The van der Waals surface area contributed by atoms with Crippen molar-refractivity contribution >= 4 is 5.97 Å². The fourth-order valence-corrected chi connectivity index (χ4v) is 2.49. The van der Waals surface area contributed by atoms with Crippen LogP contribution in [0.3, 0.4) is 0 Å². The average Bonchev–Trinajstić information content (AvgIpc) is 2.85. The molecule has 0 atom stereocenters. The third-order valence-corrected chi connectivity index (χ3v) is 5.44. The van der Waals surface area contributed by atoms with Gasteiger partial charge in [0, 0.05) is 5.57 Å². The van der Waals surface area contributed by atoms with E-state index in [9.17, 15) is 132 Å². The number of halogens is 29. The van der Waals surface area contributed by atoms with Crippen LogP contribution < -0.4 is 0 Å². The van der Waals surface area contributed by atoms with E-state index in [0.717, 1.165) is 4.74 Å². The molecule has 50 heavy (non-hydrogen) atoms. The first-order chi connectivity index (χ1) is 21.0. The molecule has 0 aliphatic carbocycles. The van der Waals surface area contributed by atoms with E-state index in [2.05, 4.69) is 11.3 Å². The number of rotatable bonds is 15. The van der Waals surface area contributed by atoms with Crippen molar-refractivity contribution in [3.05, 3.63) is 12.2 Å². The molecule has 3 nitrogen and oxygen atoms in total. The third-order valence-electron chi connectivity index (χ3n) is 5.44. The Bertz CT molecular complexity index is 1290. The van der Waals surface area contributed by atoms with Gasteiger partial charge < -0.3 is 4.74 Å². The van der Waals surface area contributed by atoms with Crippen molar-refractivity contribution < 1.29 is 142 Å². The van der Waals surface area contributed by atoms with Crippen LogP contribution in [0.2, 0.25) is 0 Å². The molecule has 0 spiro atoms. The second-order valence-corrected chi connectivity index (χ2v) is 9.06. The fourth-order valence-electron chi connectivity index (χ4n) is 2.49. The second kappa shape index (κ2) is 11.8. The van der Waals surface area contributed by atoms with E-state index in [4.69, 9.17) is 0 Å². The molecule has 0 N–H and O–H groups in total. The molecule has 0 bridgehead atoms. The molecule has 0 aliphatic rings. The third kappa shape index (κ3) is 6.09. The minimum atomic E-state index is -9.94. The Balaban J connectivity index is 7.34. The molecule has 0 saturated heterocycles. The molecule has 0 rings (SSSR count). The highest BCUT2D eigenvalue weighted by Gasteiger charge is 3.00. The van der Waals surface area contributed by atoms with Crippen LogP contribution in [0.25, 0.3) is 0 Å². The van der Waals surface area contributed by atoms with Crippen LogP contribution in [0.4, 0.5) is 127 Å². The Morgan fingerprint density at radius 3 is 0.800 bits per heavy atom. The molecule has 0 radical (unpaired) electrons. The van der Waals surface area contributed by atoms with Crippen molar-refractivity contribution in [1.82, 2.24) is 0 Å². The molecule has 0 saturated carbocycles. The molecule has 0 aromatic carbocycles. The largest absolute Gasteiger partial charge is 0.496 e. The number of esters is 1. The SMILES string of the molecule is C=C(C)C(=O)OC(F)(F)C(F)(F)OC(F)(F)C(F)(F)C(F)(F)C(F)(F)C(F)(F)C(F)(F)C(F)(F)C(F)(F)C(F)(F)C(F)(F)C(F)(F)C(F)(F)F. The van der Waals surface area contributed by atoms with Crippen molar-refractivity contribution in [3.8, 4) is 0 Å². The van der Waals surface area contributed by atoms with E-state index in [1.165, 1.54) is 0 Å². The average molecular weight is 820 g/mol. The van der Waals surface area contributed by atoms with Gasteiger partial charge in [-0.25, -0.2) is 9.53 Å². The summed E-state index contributed by atoms with van der Waals surface area (Å²) in [5.74, 6) is -98.8. The van der Waals surface area contributed by atoms with E-state index in [0.29, 0.717) is 0 Å². The molecule has 0 fully saturated rings. The lowest BCUT2D eigenvalue weighted by Crippen LogP contribution is -2.78. The Kier molecular flexibility index (Phi) is 11.2. The van der Waals surface area contributed by atoms with Crippen LogP contribution in [-0.2, 0) is 14.3 Å². The smallest absolute Gasteiger partial charge is 0.391 e. The Labute approximate surface area is 251 Å². The molecule has 0 unspecified atom stereocenters. The number of carbonyl (C=O) groups is 1.